The smallest absolute Gasteiger partial charge is 0.271 e. The van der Waals surface area contributed by atoms with Crippen LogP contribution in [0.15, 0.2) is 0 Å². The minimum absolute atomic E-state index is 0.0486. The van der Waals surface area contributed by atoms with Crippen molar-refractivity contribution in [1.29, 1.82) is 5.26 Å². The van der Waals surface area contributed by atoms with E-state index in [1.54, 1.807) is 0 Å². The third-order valence-electron chi connectivity index (χ3n) is 1.69. The highest BCUT2D eigenvalue weighted by Crippen LogP contribution is 2.34. The topological polar surface area (TPSA) is 49.8 Å². The number of halogens is 2. The molecule has 4 heteroatoms. The molecule has 0 aromatic heterocycles. The Morgan fingerprint density at radius 2 is 2.00 bits per heavy atom. The lowest BCUT2D eigenvalue weighted by Gasteiger charge is -2.25. The first-order chi connectivity index (χ1) is 4.37. The largest absolute Gasteiger partial charge is 0.318 e. The lowest BCUT2D eigenvalue weighted by molar-refractivity contribution is -0.0817. The molecule has 0 aliphatic heterocycles. The van der Waals surface area contributed by atoms with E-state index in [1.807, 2.05) is 0 Å². The van der Waals surface area contributed by atoms with Crippen LogP contribution in [0.5, 0.6) is 0 Å². The molecule has 0 fully saturated rings. The fraction of sp³-hybridized carbons (Fsp3) is 0.833. The summed E-state index contributed by atoms with van der Waals surface area (Å²) < 4.78 is 24.7. The maximum absolute atomic E-state index is 12.3. The number of nitrogens with zero attached hydrogens (tertiary/aromatic N) is 1. The number of hydrogen-bond donors (Lipinski definition) is 1. The molecule has 0 saturated carbocycles. The Balaban J connectivity index is 4.54. The standard InChI is InChI=1S/C6H10F2N2/c1-3-5(2,4-9)6(7,8)10/h3,10H2,1-2H3. The molecular weight excluding hydrogens is 138 g/mol. The van der Waals surface area contributed by atoms with E-state index in [2.05, 4.69) is 5.73 Å². The Bertz CT molecular complexity index is 156. The van der Waals surface area contributed by atoms with Gasteiger partial charge in [0.15, 0.2) is 0 Å². The van der Waals surface area contributed by atoms with Gasteiger partial charge in [0.25, 0.3) is 0 Å². The molecule has 0 bridgehead atoms. The second kappa shape index (κ2) is 2.51. The Hall–Kier alpha value is -0.690. The summed E-state index contributed by atoms with van der Waals surface area (Å²) in [6.45, 7) is 2.65. The van der Waals surface area contributed by atoms with Gasteiger partial charge in [0, 0.05) is 0 Å². The van der Waals surface area contributed by atoms with Crippen LogP contribution in [0.4, 0.5) is 8.78 Å². The second-order valence-corrected chi connectivity index (χ2v) is 2.42. The van der Waals surface area contributed by atoms with Gasteiger partial charge < -0.3 is 0 Å². The van der Waals surface area contributed by atoms with E-state index in [1.165, 1.54) is 13.0 Å². The van der Waals surface area contributed by atoms with Crippen LogP contribution >= 0.6 is 0 Å². The summed E-state index contributed by atoms with van der Waals surface area (Å²) in [5, 5.41) is 8.31. The van der Waals surface area contributed by atoms with Crippen LogP contribution in [0.2, 0.25) is 0 Å². The van der Waals surface area contributed by atoms with Gasteiger partial charge in [0.05, 0.1) is 6.07 Å². The first-order valence-corrected chi connectivity index (χ1v) is 2.95. The van der Waals surface area contributed by atoms with E-state index in [-0.39, 0.29) is 6.42 Å². The average molecular weight is 148 g/mol. The molecule has 10 heavy (non-hydrogen) atoms. The fourth-order valence-corrected chi connectivity index (χ4v) is 0.389. The summed E-state index contributed by atoms with van der Waals surface area (Å²) in [7, 11) is 0. The van der Waals surface area contributed by atoms with Gasteiger partial charge in [-0.05, 0) is 13.3 Å². The molecular formula is C6H10F2N2. The predicted octanol–water partition coefficient (Wildman–Crippen LogP) is 1.48. The zero-order chi connectivity index (χ0) is 8.41. The van der Waals surface area contributed by atoms with Crippen molar-refractivity contribution >= 4 is 0 Å². The van der Waals surface area contributed by atoms with Crippen LogP contribution in [0.3, 0.4) is 0 Å². The van der Waals surface area contributed by atoms with Crippen LogP contribution in [-0.4, -0.2) is 6.05 Å². The molecule has 0 rings (SSSR count). The molecule has 0 aromatic carbocycles. The lowest BCUT2D eigenvalue weighted by Crippen LogP contribution is -2.45. The number of rotatable bonds is 2. The van der Waals surface area contributed by atoms with Gasteiger partial charge in [0.1, 0.15) is 5.41 Å². The average Bonchev–Trinajstić information content (AvgIpc) is 1.84. The molecule has 58 valence electrons. The molecule has 0 aliphatic carbocycles. The summed E-state index contributed by atoms with van der Waals surface area (Å²) in [5.41, 5.74) is 2.75. The molecule has 0 aliphatic rings. The number of nitrogens with two attached hydrogens (primary N) is 1. The van der Waals surface area contributed by atoms with Crippen molar-refractivity contribution in [3.63, 3.8) is 0 Å². The Kier molecular flexibility index (Phi) is 2.33. The fourth-order valence-electron chi connectivity index (χ4n) is 0.389. The summed E-state index contributed by atoms with van der Waals surface area (Å²) in [6, 6.07) is -1.91. The van der Waals surface area contributed by atoms with Gasteiger partial charge in [-0.2, -0.15) is 14.0 Å². The highest BCUT2D eigenvalue weighted by molar-refractivity contribution is 5.01. The molecule has 0 saturated heterocycles. The monoisotopic (exact) mass is 148 g/mol. The van der Waals surface area contributed by atoms with E-state index >= 15 is 0 Å². The molecule has 0 heterocycles. The summed E-state index contributed by atoms with van der Waals surface area (Å²) >= 11 is 0. The Morgan fingerprint density at radius 1 is 1.60 bits per heavy atom. The molecule has 1 unspecified atom stereocenters. The zero-order valence-electron chi connectivity index (χ0n) is 5.99. The van der Waals surface area contributed by atoms with Gasteiger partial charge >= 0.3 is 6.05 Å². The van der Waals surface area contributed by atoms with Crippen LogP contribution < -0.4 is 5.73 Å². The zero-order valence-corrected chi connectivity index (χ0v) is 5.99. The SMILES string of the molecule is CCC(C)(C#N)C(N)(F)F. The molecule has 0 radical (unpaired) electrons. The number of nitriles is 1. The maximum Gasteiger partial charge on any atom is 0.318 e. The number of hydrogen-bond acceptors (Lipinski definition) is 2. The van der Waals surface area contributed by atoms with Crippen LogP contribution in [0.25, 0.3) is 0 Å². The van der Waals surface area contributed by atoms with Gasteiger partial charge in [-0.25, -0.2) is 0 Å². The third kappa shape index (κ3) is 1.42. The predicted molar refractivity (Wildman–Crippen MR) is 33.1 cm³/mol. The van der Waals surface area contributed by atoms with Gasteiger partial charge in [-0.15, -0.1) is 0 Å². The van der Waals surface area contributed by atoms with Crippen LogP contribution in [0.1, 0.15) is 20.3 Å². The summed E-state index contributed by atoms with van der Waals surface area (Å²) in [5.74, 6) is 0. The number of alkyl halides is 2. The minimum Gasteiger partial charge on any atom is -0.271 e. The molecule has 0 amide bonds. The molecule has 0 spiro atoms. The van der Waals surface area contributed by atoms with E-state index < -0.39 is 11.5 Å². The normalized spacial score (nSPS) is 17.6. The maximum atomic E-state index is 12.3. The van der Waals surface area contributed by atoms with Crippen molar-refractivity contribution in [3.8, 4) is 6.07 Å². The highest BCUT2D eigenvalue weighted by Gasteiger charge is 2.45. The van der Waals surface area contributed by atoms with E-state index in [0.29, 0.717) is 0 Å². The second-order valence-electron chi connectivity index (χ2n) is 2.42. The summed E-state index contributed by atoms with van der Waals surface area (Å²) in [4.78, 5) is 0. The van der Waals surface area contributed by atoms with Crippen molar-refractivity contribution in [2.24, 2.45) is 11.1 Å². The van der Waals surface area contributed by atoms with Crippen molar-refractivity contribution in [3.05, 3.63) is 0 Å². The van der Waals surface area contributed by atoms with Crippen molar-refractivity contribution in [1.82, 2.24) is 0 Å². The van der Waals surface area contributed by atoms with Crippen molar-refractivity contribution < 1.29 is 8.78 Å². The quantitative estimate of drug-likeness (QED) is 0.603. The first kappa shape index (κ1) is 9.31. The third-order valence-corrected chi connectivity index (χ3v) is 1.69. The Labute approximate surface area is 58.6 Å². The molecule has 2 nitrogen and oxygen atoms in total. The van der Waals surface area contributed by atoms with E-state index in [4.69, 9.17) is 5.26 Å². The van der Waals surface area contributed by atoms with E-state index in [9.17, 15) is 8.78 Å². The van der Waals surface area contributed by atoms with Gasteiger partial charge in [-0.1, -0.05) is 6.92 Å². The van der Waals surface area contributed by atoms with Gasteiger partial charge in [-0.3, -0.25) is 5.73 Å². The lowest BCUT2D eigenvalue weighted by atomic mass is 9.87. The minimum atomic E-state index is -3.41. The van der Waals surface area contributed by atoms with Crippen LogP contribution in [-0.2, 0) is 0 Å². The van der Waals surface area contributed by atoms with Crippen molar-refractivity contribution in [2.45, 2.75) is 26.3 Å². The Morgan fingerprint density at radius 3 is 2.00 bits per heavy atom. The van der Waals surface area contributed by atoms with Gasteiger partial charge in [0.2, 0.25) is 0 Å². The van der Waals surface area contributed by atoms with Crippen molar-refractivity contribution in [2.75, 3.05) is 0 Å². The highest BCUT2D eigenvalue weighted by atomic mass is 19.3. The molecule has 1 atom stereocenters. The molecule has 0 aromatic rings. The summed E-state index contributed by atoms with van der Waals surface area (Å²) in [6.07, 6.45) is 0.0486. The first-order valence-electron chi connectivity index (χ1n) is 2.95. The van der Waals surface area contributed by atoms with Crippen LogP contribution in [0, 0.1) is 16.7 Å². The molecule has 2 N–H and O–H groups in total. The van der Waals surface area contributed by atoms with E-state index in [0.717, 1.165) is 6.92 Å².